The summed E-state index contributed by atoms with van der Waals surface area (Å²) in [5.41, 5.74) is 3.38. The first-order chi connectivity index (χ1) is 16.9. The summed E-state index contributed by atoms with van der Waals surface area (Å²) in [4.78, 5) is 20.2. The van der Waals surface area contributed by atoms with E-state index in [1.165, 1.54) is 4.31 Å². The second-order valence-electron chi connectivity index (χ2n) is 8.85. The minimum atomic E-state index is -3.89. The molecule has 0 spiro atoms. The van der Waals surface area contributed by atoms with E-state index in [4.69, 9.17) is 4.74 Å². The molecule has 0 aliphatic carbocycles. The minimum absolute atomic E-state index is 0.138. The molecular weight excluding hydrogens is 464 g/mol. The van der Waals surface area contributed by atoms with Crippen molar-refractivity contribution in [2.45, 2.75) is 30.8 Å². The van der Waals surface area contributed by atoms with Crippen molar-refractivity contribution in [3.8, 4) is 0 Å². The number of hydrogen-bond acceptors (Lipinski definition) is 6. The van der Waals surface area contributed by atoms with Crippen molar-refractivity contribution in [1.29, 1.82) is 0 Å². The maximum atomic E-state index is 13.6. The molecule has 0 radical (unpaired) electrons. The van der Waals surface area contributed by atoms with Crippen LogP contribution in [0.1, 0.15) is 16.7 Å². The van der Waals surface area contributed by atoms with Crippen LogP contribution in [0, 0.1) is 6.92 Å². The molecule has 9 heteroatoms. The number of pyridine rings is 1. The molecule has 1 aromatic heterocycles. The van der Waals surface area contributed by atoms with Crippen molar-refractivity contribution in [1.82, 2.24) is 9.29 Å². The van der Waals surface area contributed by atoms with Gasteiger partial charge in [0.05, 0.1) is 30.0 Å². The van der Waals surface area contributed by atoms with E-state index in [0.717, 1.165) is 35.6 Å². The fourth-order valence-electron chi connectivity index (χ4n) is 4.49. The van der Waals surface area contributed by atoms with E-state index in [2.05, 4.69) is 15.2 Å². The number of hydrogen-bond donors (Lipinski definition) is 1. The highest BCUT2D eigenvalue weighted by Gasteiger charge is 2.39. The van der Waals surface area contributed by atoms with Gasteiger partial charge in [0.15, 0.2) is 0 Å². The summed E-state index contributed by atoms with van der Waals surface area (Å²) in [7, 11) is -3.89. The third-order valence-corrected chi connectivity index (χ3v) is 8.36. The van der Waals surface area contributed by atoms with Crippen LogP contribution in [0.15, 0.2) is 71.8 Å². The Balaban J connectivity index is 1.40. The summed E-state index contributed by atoms with van der Waals surface area (Å²) in [5.74, 6) is 0.442. The van der Waals surface area contributed by atoms with Crippen LogP contribution in [-0.4, -0.2) is 56.0 Å². The zero-order valence-corrected chi connectivity index (χ0v) is 20.4. The molecule has 1 saturated heterocycles. The van der Waals surface area contributed by atoms with Gasteiger partial charge in [-0.3, -0.25) is 4.79 Å². The van der Waals surface area contributed by atoms with Gasteiger partial charge in [-0.2, -0.15) is 4.31 Å². The largest absolute Gasteiger partial charge is 0.378 e. The molecule has 8 nitrogen and oxygen atoms in total. The number of nitrogens with zero attached hydrogens (tertiary/aromatic N) is 3. The average molecular weight is 493 g/mol. The number of morpholine rings is 1. The third kappa shape index (κ3) is 4.93. The second kappa shape index (κ2) is 9.77. The van der Waals surface area contributed by atoms with Crippen LogP contribution < -0.4 is 10.2 Å². The number of carbonyl (C=O) groups is 1. The predicted octanol–water partition coefficient (Wildman–Crippen LogP) is 2.98. The first-order valence-corrected chi connectivity index (χ1v) is 13.1. The molecule has 182 valence electrons. The van der Waals surface area contributed by atoms with Gasteiger partial charge >= 0.3 is 0 Å². The summed E-state index contributed by atoms with van der Waals surface area (Å²) in [5, 5.41) is 2.88. The van der Waals surface area contributed by atoms with Crippen molar-refractivity contribution in [3.63, 3.8) is 0 Å². The van der Waals surface area contributed by atoms with Gasteiger partial charge in [-0.25, -0.2) is 13.4 Å². The lowest BCUT2D eigenvalue weighted by molar-refractivity contribution is -0.120. The van der Waals surface area contributed by atoms with Crippen LogP contribution in [0.5, 0.6) is 0 Å². The summed E-state index contributed by atoms with van der Waals surface area (Å²) < 4.78 is 33.9. The monoisotopic (exact) mass is 492 g/mol. The predicted molar refractivity (Wildman–Crippen MR) is 134 cm³/mol. The van der Waals surface area contributed by atoms with Crippen LogP contribution >= 0.6 is 0 Å². The number of amides is 1. The van der Waals surface area contributed by atoms with Gasteiger partial charge in [-0.15, -0.1) is 0 Å². The normalized spacial score (nSPS) is 18.7. The Bertz CT molecular complexity index is 1300. The molecule has 1 amide bonds. The van der Waals surface area contributed by atoms with Crippen LogP contribution in [0.3, 0.4) is 0 Å². The summed E-state index contributed by atoms with van der Waals surface area (Å²) in [6.45, 7) is 4.90. The average Bonchev–Trinajstić information content (AvgIpc) is 2.89. The van der Waals surface area contributed by atoms with Crippen molar-refractivity contribution >= 4 is 27.4 Å². The van der Waals surface area contributed by atoms with E-state index >= 15 is 0 Å². The number of aryl methyl sites for hydroxylation is 1. The van der Waals surface area contributed by atoms with Gasteiger partial charge in [0.25, 0.3) is 0 Å². The molecule has 1 fully saturated rings. The van der Waals surface area contributed by atoms with Gasteiger partial charge < -0.3 is 15.0 Å². The molecule has 3 aromatic rings. The van der Waals surface area contributed by atoms with E-state index in [-0.39, 0.29) is 17.3 Å². The molecule has 2 aliphatic heterocycles. The second-order valence-corrected chi connectivity index (χ2v) is 10.7. The Hall–Kier alpha value is -3.27. The number of ether oxygens (including phenoxy) is 1. The molecule has 0 bridgehead atoms. The first-order valence-electron chi connectivity index (χ1n) is 11.7. The standard InChI is InChI=1S/C26H28N4O4S/c1-19-6-9-23(10-7-19)35(32,33)30-18-21-5-3-2-4-20(21)16-24(30)26(31)28-22-8-11-25(27-17-22)29-12-14-34-15-13-29/h2-11,17,24H,12-16,18H2,1H3,(H,28,31)/t24-/m0/s1. The van der Waals surface area contributed by atoms with Crippen molar-refractivity contribution in [2.75, 3.05) is 36.5 Å². The zero-order chi connectivity index (χ0) is 24.4. The number of aromatic nitrogens is 1. The fourth-order valence-corrected chi connectivity index (χ4v) is 6.05. The smallest absolute Gasteiger partial charge is 0.244 e. The van der Waals surface area contributed by atoms with E-state index in [0.29, 0.717) is 25.3 Å². The number of carbonyl (C=O) groups excluding carboxylic acids is 1. The molecular formula is C26H28N4O4S. The lowest BCUT2D eigenvalue weighted by Gasteiger charge is -2.35. The molecule has 5 rings (SSSR count). The quantitative estimate of drug-likeness (QED) is 0.589. The number of sulfonamides is 1. The van der Waals surface area contributed by atoms with Gasteiger partial charge in [0.1, 0.15) is 11.9 Å². The van der Waals surface area contributed by atoms with Crippen molar-refractivity contribution in [2.24, 2.45) is 0 Å². The molecule has 2 aliphatic rings. The summed E-state index contributed by atoms with van der Waals surface area (Å²) in [6.07, 6.45) is 1.91. The summed E-state index contributed by atoms with van der Waals surface area (Å²) >= 11 is 0. The Morgan fingerprint density at radius 1 is 1.00 bits per heavy atom. The van der Waals surface area contributed by atoms with Crippen molar-refractivity contribution in [3.05, 3.63) is 83.6 Å². The van der Waals surface area contributed by atoms with E-state index < -0.39 is 16.1 Å². The van der Waals surface area contributed by atoms with Gasteiger partial charge in [-0.1, -0.05) is 42.0 Å². The first kappa shape index (κ1) is 23.5. The topological polar surface area (TPSA) is 91.8 Å². The third-order valence-electron chi connectivity index (χ3n) is 6.49. The Kier molecular flexibility index (Phi) is 6.55. The molecule has 2 aromatic carbocycles. The van der Waals surface area contributed by atoms with Crippen LogP contribution in [-0.2, 0) is 32.5 Å². The molecule has 35 heavy (non-hydrogen) atoms. The minimum Gasteiger partial charge on any atom is -0.378 e. The Morgan fingerprint density at radius 3 is 2.40 bits per heavy atom. The maximum absolute atomic E-state index is 13.6. The zero-order valence-electron chi connectivity index (χ0n) is 19.6. The fraction of sp³-hybridized carbons (Fsp3) is 0.308. The highest BCUT2D eigenvalue weighted by molar-refractivity contribution is 7.89. The van der Waals surface area contributed by atoms with Gasteiger partial charge in [0, 0.05) is 19.6 Å². The highest BCUT2D eigenvalue weighted by atomic mass is 32.2. The molecule has 0 saturated carbocycles. The van der Waals surface area contributed by atoms with Crippen molar-refractivity contribution < 1.29 is 17.9 Å². The van der Waals surface area contributed by atoms with E-state index in [1.54, 1.807) is 36.5 Å². The number of nitrogens with one attached hydrogen (secondary N) is 1. The summed E-state index contributed by atoms with van der Waals surface area (Å²) in [6, 6.07) is 17.1. The van der Waals surface area contributed by atoms with E-state index in [1.807, 2.05) is 37.3 Å². The highest BCUT2D eigenvalue weighted by Crippen LogP contribution is 2.30. The number of benzene rings is 2. The molecule has 1 atom stereocenters. The van der Waals surface area contributed by atoms with Crippen LogP contribution in [0.4, 0.5) is 11.5 Å². The number of rotatable bonds is 5. The number of fused-ring (bicyclic) bond motifs is 1. The maximum Gasteiger partial charge on any atom is 0.244 e. The van der Waals surface area contributed by atoms with Gasteiger partial charge in [-0.05, 0) is 48.7 Å². The Labute approximate surface area is 205 Å². The Morgan fingerprint density at radius 2 is 1.71 bits per heavy atom. The molecule has 1 N–H and O–H groups in total. The van der Waals surface area contributed by atoms with Crippen LogP contribution in [0.25, 0.3) is 0 Å². The van der Waals surface area contributed by atoms with Gasteiger partial charge in [0.2, 0.25) is 15.9 Å². The lowest BCUT2D eigenvalue weighted by atomic mass is 9.95. The molecule has 3 heterocycles. The van der Waals surface area contributed by atoms with Crippen LogP contribution in [0.2, 0.25) is 0 Å². The SMILES string of the molecule is Cc1ccc(S(=O)(=O)N2Cc3ccccc3C[C@H]2C(=O)Nc2ccc(N3CCOCC3)nc2)cc1. The van der Waals surface area contributed by atoms with E-state index in [9.17, 15) is 13.2 Å². The number of anilines is 2. The lowest BCUT2D eigenvalue weighted by Crippen LogP contribution is -2.50. The molecule has 0 unspecified atom stereocenters.